The lowest BCUT2D eigenvalue weighted by atomic mass is 9.85. The number of sulfonamides is 1. The van der Waals surface area contributed by atoms with Gasteiger partial charge in [0.25, 0.3) is 15.9 Å². The quantitative estimate of drug-likeness (QED) is 0.534. The van der Waals surface area contributed by atoms with Crippen molar-refractivity contribution < 1.29 is 17.9 Å². The van der Waals surface area contributed by atoms with Gasteiger partial charge in [-0.3, -0.25) is 9.48 Å². The number of hydrogen-bond acceptors (Lipinski definition) is 7. The molecule has 3 heterocycles. The van der Waals surface area contributed by atoms with Gasteiger partial charge in [-0.15, -0.1) is 0 Å². The number of nitrogens with zero attached hydrogens (tertiary/aromatic N) is 4. The fourth-order valence-electron chi connectivity index (χ4n) is 5.29. The van der Waals surface area contributed by atoms with Crippen LogP contribution in [0.5, 0.6) is 5.88 Å². The lowest BCUT2D eigenvalue weighted by Crippen LogP contribution is -2.41. The van der Waals surface area contributed by atoms with E-state index in [1.54, 1.807) is 13.1 Å². The summed E-state index contributed by atoms with van der Waals surface area (Å²) >= 11 is 0. The maximum absolute atomic E-state index is 13.2. The first-order valence-corrected chi connectivity index (χ1v) is 14.1. The Kier molecular flexibility index (Phi) is 6.89. The SMILES string of the molecule is Cc1cccc(C)c1-c1cc2nc(n1)NS(=O)(=O)c1cc(n(C)n1)C(=O)N[C@@H](CC1CCCCC1)CO2. The third kappa shape index (κ3) is 5.46. The molecule has 0 radical (unpaired) electrons. The third-order valence-electron chi connectivity index (χ3n) is 7.14. The Hall–Kier alpha value is -3.47. The monoisotopic (exact) mass is 524 g/mol. The van der Waals surface area contributed by atoms with Gasteiger partial charge in [0, 0.05) is 24.7 Å². The summed E-state index contributed by atoms with van der Waals surface area (Å²) in [6.07, 6.45) is 6.64. The molecular weight excluding hydrogens is 492 g/mol. The molecule has 3 aromatic rings. The summed E-state index contributed by atoms with van der Waals surface area (Å²) in [7, 11) is -2.61. The number of amides is 1. The number of benzene rings is 1. The highest BCUT2D eigenvalue weighted by Crippen LogP contribution is 2.31. The van der Waals surface area contributed by atoms with E-state index in [1.165, 1.54) is 30.0 Å². The fourth-order valence-corrected chi connectivity index (χ4v) is 6.22. The molecule has 1 aromatic carbocycles. The molecule has 0 unspecified atom stereocenters. The Morgan fingerprint density at radius 3 is 2.54 bits per heavy atom. The van der Waals surface area contributed by atoms with Gasteiger partial charge < -0.3 is 10.1 Å². The van der Waals surface area contributed by atoms with E-state index in [1.807, 2.05) is 32.0 Å². The van der Waals surface area contributed by atoms with E-state index >= 15 is 0 Å². The second-order valence-corrected chi connectivity index (χ2v) is 11.6. The Bertz CT molecular complexity index is 1410. The number of carbonyl (C=O) groups is 1. The van der Waals surface area contributed by atoms with Gasteiger partial charge in [0.2, 0.25) is 11.8 Å². The molecule has 11 heteroatoms. The summed E-state index contributed by atoms with van der Waals surface area (Å²) in [5.41, 5.74) is 3.56. The fraction of sp³-hybridized carbons (Fsp3) is 0.462. The highest BCUT2D eigenvalue weighted by molar-refractivity contribution is 7.92. The molecule has 1 aliphatic carbocycles. The van der Waals surface area contributed by atoms with Gasteiger partial charge in [0.05, 0.1) is 11.7 Å². The lowest BCUT2D eigenvalue weighted by Gasteiger charge is -2.27. The van der Waals surface area contributed by atoms with E-state index in [9.17, 15) is 13.2 Å². The Balaban J connectivity index is 1.58. The van der Waals surface area contributed by atoms with Crippen LogP contribution in [0.15, 0.2) is 35.4 Å². The molecule has 5 rings (SSSR count). The first-order valence-electron chi connectivity index (χ1n) is 12.7. The van der Waals surface area contributed by atoms with Crippen LogP contribution in [0.25, 0.3) is 11.3 Å². The molecule has 10 nitrogen and oxygen atoms in total. The van der Waals surface area contributed by atoms with Crippen molar-refractivity contribution in [1.29, 1.82) is 0 Å². The molecule has 196 valence electrons. The Morgan fingerprint density at radius 1 is 1.08 bits per heavy atom. The van der Waals surface area contributed by atoms with Gasteiger partial charge in [-0.05, 0) is 37.3 Å². The van der Waals surface area contributed by atoms with Crippen LogP contribution in [0.4, 0.5) is 5.95 Å². The van der Waals surface area contributed by atoms with Gasteiger partial charge in [-0.1, -0.05) is 50.3 Å². The molecule has 4 bridgehead atoms. The summed E-state index contributed by atoms with van der Waals surface area (Å²) < 4.78 is 36.1. The number of nitrogens with one attached hydrogen (secondary N) is 2. The minimum atomic E-state index is -4.16. The molecule has 1 saturated carbocycles. The normalized spacial score (nSPS) is 20.0. The Labute approximate surface area is 216 Å². The molecule has 1 atom stereocenters. The van der Waals surface area contributed by atoms with Gasteiger partial charge >= 0.3 is 0 Å². The number of hydrogen-bond donors (Lipinski definition) is 2. The van der Waals surface area contributed by atoms with Gasteiger partial charge in [0.1, 0.15) is 12.3 Å². The van der Waals surface area contributed by atoms with Crippen LogP contribution in [0.3, 0.4) is 0 Å². The van der Waals surface area contributed by atoms with E-state index in [-0.39, 0.29) is 35.2 Å². The zero-order chi connectivity index (χ0) is 26.2. The van der Waals surface area contributed by atoms with Crippen LogP contribution in [0.1, 0.15) is 60.1 Å². The second-order valence-electron chi connectivity index (χ2n) is 10.00. The maximum atomic E-state index is 13.2. The van der Waals surface area contributed by atoms with E-state index in [2.05, 4.69) is 25.1 Å². The maximum Gasteiger partial charge on any atom is 0.283 e. The Morgan fingerprint density at radius 2 is 1.81 bits per heavy atom. The number of fused-ring (bicyclic) bond motifs is 4. The van der Waals surface area contributed by atoms with E-state index in [0.29, 0.717) is 11.6 Å². The summed E-state index contributed by atoms with van der Waals surface area (Å²) in [5, 5.41) is 6.86. The molecular formula is C26H32N6O4S. The van der Waals surface area contributed by atoms with Crippen molar-refractivity contribution in [3.05, 3.63) is 47.2 Å². The summed E-state index contributed by atoms with van der Waals surface area (Å²) in [5.74, 6) is 0.209. The first kappa shape index (κ1) is 25.2. The van der Waals surface area contributed by atoms with Crippen molar-refractivity contribution in [2.75, 3.05) is 11.3 Å². The average Bonchev–Trinajstić information content (AvgIpc) is 3.25. The van der Waals surface area contributed by atoms with Crippen molar-refractivity contribution in [1.82, 2.24) is 25.1 Å². The van der Waals surface area contributed by atoms with Crippen molar-refractivity contribution in [3.8, 4) is 17.1 Å². The molecule has 2 aliphatic rings. The van der Waals surface area contributed by atoms with Crippen molar-refractivity contribution >= 4 is 21.9 Å². The van der Waals surface area contributed by atoms with Crippen LogP contribution < -0.4 is 14.8 Å². The number of anilines is 1. The highest BCUT2D eigenvalue weighted by Gasteiger charge is 2.28. The van der Waals surface area contributed by atoms with Gasteiger partial charge in [0.15, 0.2) is 5.03 Å². The molecule has 2 aromatic heterocycles. The van der Waals surface area contributed by atoms with Gasteiger partial charge in [-0.25, -0.2) is 9.71 Å². The van der Waals surface area contributed by atoms with E-state index in [4.69, 9.17) is 4.74 Å². The number of aryl methyl sites for hydroxylation is 3. The predicted octanol–water partition coefficient (Wildman–Crippen LogP) is 3.76. The molecule has 37 heavy (non-hydrogen) atoms. The lowest BCUT2D eigenvalue weighted by molar-refractivity contribution is 0.0897. The number of aromatic nitrogens is 4. The highest BCUT2D eigenvalue weighted by atomic mass is 32.2. The summed E-state index contributed by atoms with van der Waals surface area (Å²) in [6.45, 7) is 4.15. The molecule has 1 amide bonds. The molecule has 2 N–H and O–H groups in total. The summed E-state index contributed by atoms with van der Waals surface area (Å²) in [6, 6.07) is 8.62. The van der Waals surface area contributed by atoms with Crippen LogP contribution in [0, 0.1) is 19.8 Å². The zero-order valence-corrected chi connectivity index (χ0v) is 22.1. The van der Waals surface area contributed by atoms with Crippen LogP contribution in [-0.4, -0.2) is 46.7 Å². The molecule has 1 fully saturated rings. The minimum Gasteiger partial charge on any atom is -0.475 e. The van der Waals surface area contributed by atoms with Crippen molar-refractivity contribution in [2.45, 2.75) is 63.4 Å². The van der Waals surface area contributed by atoms with E-state index < -0.39 is 15.9 Å². The van der Waals surface area contributed by atoms with Crippen molar-refractivity contribution in [2.24, 2.45) is 13.0 Å². The van der Waals surface area contributed by atoms with E-state index in [0.717, 1.165) is 36.0 Å². The van der Waals surface area contributed by atoms with Crippen LogP contribution >= 0.6 is 0 Å². The predicted molar refractivity (Wildman–Crippen MR) is 139 cm³/mol. The molecule has 0 saturated heterocycles. The van der Waals surface area contributed by atoms with Crippen LogP contribution in [0.2, 0.25) is 0 Å². The molecule has 0 spiro atoms. The second kappa shape index (κ2) is 10.1. The topological polar surface area (TPSA) is 128 Å². The number of ether oxygens (including phenoxy) is 1. The first-order chi connectivity index (χ1) is 17.7. The van der Waals surface area contributed by atoms with Crippen molar-refractivity contribution in [3.63, 3.8) is 0 Å². The smallest absolute Gasteiger partial charge is 0.283 e. The largest absolute Gasteiger partial charge is 0.475 e. The number of carbonyl (C=O) groups excluding carboxylic acids is 1. The molecule has 1 aliphatic heterocycles. The van der Waals surface area contributed by atoms with Gasteiger partial charge in [-0.2, -0.15) is 18.5 Å². The average molecular weight is 525 g/mol. The number of rotatable bonds is 3. The standard InChI is InChI=1S/C26H32N6O4S/c1-16-8-7-9-17(2)24(16)20-13-22-29-26(28-20)31-37(34,35)23-14-21(32(3)30-23)25(33)27-19(15-36-22)12-18-10-5-4-6-11-18/h7-9,13-14,18-19H,4-6,10-12,15H2,1-3H3,(H,27,33)(H,28,29,31)/t19-/m0/s1. The third-order valence-corrected chi connectivity index (χ3v) is 8.34. The van der Waals surface area contributed by atoms with Crippen LogP contribution in [-0.2, 0) is 17.1 Å². The minimum absolute atomic E-state index is 0.121. The summed E-state index contributed by atoms with van der Waals surface area (Å²) in [4.78, 5) is 22.0. The zero-order valence-electron chi connectivity index (χ0n) is 21.3.